The summed E-state index contributed by atoms with van der Waals surface area (Å²) < 4.78 is 11.6. The van der Waals surface area contributed by atoms with Crippen LogP contribution in [0.3, 0.4) is 0 Å². The van der Waals surface area contributed by atoms with Crippen molar-refractivity contribution in [3.05, 3.63) is 83.0 Å². The summed E-state index contributed by atoms with van der Waals surface area (Å²) in [5.41, 5.74) is 3.87. The Bertz CT molecular complexity index is 1150. The molecule has 2 N–H and O–H groups in total. The number of aliphatic hydroxyl groups excluding tert-OH is 1. The van der Waals surface area contributed by atoms with Gasteiger partial charge in [0, 0.05) is 29.6 Å². The first-order valence-electron chi connectivity index (χ1n) is 11.1. The Kier molecular flexibility index (Phi) is 7.08. The molecule has 1 atom stereocenters. The minimum Gasteiger partial charge on any atom is -0.489 e. The monoisotopic (exact) mass is 467 g/mol. The molecule has 1 aliphatic rings. The maximum atomic E-state index is 10.7. The number of imidazole rings is 1. The highest BCUT2D eigenvalue weighted by molar-refractivity contribution is 6.30. The van der Waals surface area contributed by atoms with Crippen molar-refractivity contribution in [2.24, 2.45) is 5.41 Å². The van der Waals surface area contributed by atoms with E-state index in [1.165, 1.54) is 0 Å². The number of benzene rings is 2. The van der Waals surface area contributed by atoms with Crippen LogP contribution < -0.4 is 4.90 Å². The van der Waals surface area contributed by atoms with Gasteiger partial charge in [-0.15, -0.1) is 0 Å². The first-order valence-corrected chi connectivity index (χ1v) is 11.4. The van der Waals surface area contributed by atoms with Crippen LogP contribution in [0.5, 0.6) is 0 Å². The summed E-state index contributed by atoms with van der Waals surface area (Å²) in [5, 5.41) is 11.4. The first-order chi connectivity index (χ1) is 15.8. The second kappa shape index (κ2) is 10.00. The van der Waals surface area contributed by atoms with Gasteiger partial charge in [-0.2, -0.15) is 0 Å². The summed E-state index contributed by atoms with van der Waals surface area (Å²) >= 11 is 5.92. The van der Waals surface area contributed by atoms with E-state index in [0.717, 1.165) is 34.5 Å². The fraction of sp³-hybridized carbons (Fsp3) is 0.346. The first kappa shape index (κ1) is 23.4. The van der Waals surface area contributed by atoms with Gasteiger partial charge in [-0.25, -0.2) is 4.98 Å². The summed E-state index contributed by atoms with van der Waals surface area (Å²) in [4.78, 5) is 9.70. The normalized spacial score (nSPS) is 16.3. The molecule has 0 radical (unpaired) electrons. The van der Waals surface area contributed by atoms with Gasteiger partial charge in [0.15, 0.2) is 6.23 Å². The third-order valence-electron chi connectivity index (χ3n) is 5.36. The van der Waals surface area contributed by atoms with E-state index in [9.17, 15) is 5.11 Å². The predicted molar refractivity (Wildman–Crippen MR) is 132 cm³/mol. The number of halogens is 1. The van der Waals surface area contributed by atoms with Crippen molar-refractivity contribution in [1.82, 2.24) is 9.97 Å². The molecule has 1 aromatic heterocycles. The van der Waals surface area contributed by atoms with Gasteiger partial charge in [0.05, 0.1) is 11.0 Å². The van der Waals surface area contributed by atoms with E-state index < -0.39 is 6.23 Å². The molecule has 2 aromatic carbocycles. The van der Waals surface area contributed by atoms with Gasteiger partial charge in [0.1, 0.15) is 24.8 Å². The highest BCUT2D eigenvalue weighted by Gasteiger charge is 2.18. The van der Waals surface area contributed by atoms with Crippen LogP contribution in [-0.2, 0) is 22.7 Å². The maximum Gasteiger partial charge on any atom is 0.153 e. The molecule has 7 heteroatoms. The molecule has 0 aliphatic carbocycles. The molecular formula is C26H30ClN3O3. The molecule has 0 fully saturated rings. The number of anilines is 1. The summed E-state index contributed by atoms with van der Waals surface area (Å²) in [7, 11) is 0. The molecule has 0 bridgehead atoms. The summed E-state index contributed by atoms with van der Waals surface area (Å²) in [6, 6.07) is 13.4. The van der Waals surface area contributed by atoms with E-state index in [0.29, 0.717) is 30.6 Å². The lowest BCUT2D eigenvalue weighted by atomic mass is 9.93. The molecule has 1 unspecified atom stereocenters. The summed E-state index contributed by atoms with van der Waals surface area (Å²) in [5.74, 6) is 1.41. The predicted octanol–water partition coefficient (Wildman–Crippen LogP) is 5.92. The Morgan fingerprint density at radius 2 is 1.91 bits per heavy atom. The van der Waals surface area contributed by atoms with Crippen molar-refractivity contribution >= 4 is 28.3 Å². The molecule has 0 amide bonds. The van der Waals surface area contributed by atoms with Crippen molar-refractivity contribution < 1.29 is 14.6 Å². The number of hydrogen-bond donors (Lipinski definition) is 2. The second-order valence-electron chi connectivity index (χ2n) is 9.37. The zero-order chi connectivity index (χ0) is 23.4. The molecule has 2 heterocycles. The van der Waals surface area contributed by atoms with Crippen molar-refractivity contribution in [2.75, 3.05) is 11.5 Å². The van der Waals surface area contributed by atoms with Crippen molar-refractivity contribution in [2.45, 2.75) is 46.6 Å². The van der Waals surface area contributed by atoms with E-state index in [2.05, 4.69) is 30.7 Å². The molecule has 0 saturated heterocycles. The van der Waals surface area contributed by atoms with E-state index >= 15 is 0 Å². The molecule has 33 heavy (non-hydrogen) atoms. The topological polar surface area (TPSA) is 70.6 Å². The van der Waals surface area contributed by atoms with Gasteiger partial charge in [-0.1, -0.05) is 44.5 Å². The number of H-pyrrole nitrogens is 1. The van der Waals surface area contributed by atoms with Crippen LogP contribution in [0.25, 0.3) is 11.0 Å². The molecule has 0 saturated carbocycles. The van der Waals surface area contributed by atoms with Crippen LogP contribution >= 0.6 is 11.6 Å². The lowest BCUT2D eigenvalue weighted by molar-refractivity contribution is 0.0923. The van der Waals surface area contributed by atoms with Crippen LogP contribution in [0.1, 0.15) is 38.6 Å². The maximum absolute atomic E-state index is 10.7. The van der Waals surface area contributed by atoms with Gasteiger partial charge >= 0.3 is 0 Å². The van der Waals surface area contributed by atoms with Gasteiger partial charge in [-0.05, 0) is 53.8 Å². The summed E-state index contributed by atoms with van der Waals surface area (Å²) in [6.45, 7) is 8.15. The van der Waals surface area contributed by atoms with Gasteiger partial charge in [0.2, 0.25) is 0 Å². The van der Waals surface area contributed by atoms with Crippen LogP contribution in [0.4, 0.5) is 5.69 Å². The smallest absolute Gasteiger partial charge is 0.153 e. The standard InChI is InChI=1S/C26H30ClN3O3/c1-26(2,3)11-13-32-17-24-28-22-9-8-20(14-23(22)29-24)30-12-10-21(15-25(30)31)33-16-18-4-6-19(27)7-5-18/h4-10,12,14-15,25,31H,11,13,16-17H2,1-3H3,(H,28,29). The SMILES string of the molecule is CC(C)(C)CCOCc1nc2ccc(N3C=CC(OCc4ccc(Cl)cc4)=CC3O)cc2[nH]1. The molecule has 174 valence electrons. The van der Waals surface area contributed by atoms with Gasteiger partial charge in [0.25, 0.3) is 0 Å². The van der Waals surface area contributed by atoms with Gasteiger partial charge in [-0.3, -0.25) is 0 Å². The van der Waals surface area contributed by atoms with Crippen LogP contribution in [0, 0.1) is 5.41 Å². The molecule has 0 spiro atoms. The number of nitrogens with one attached hydrogen (secondary N) is 1. The van der Waals surface area contributed by atoms with Crippen molar-refractivity contribution in [3.63, 3.8) is 0 Å². The highest BCUT2D eigenvalue weighted by atomic mass is 35.5. The fourth-order valence-corrected chi connectivity index (χ4v) is 3.56. The molecule has 6 nitrogen and oxygen atoms in total. The Morgan fingerprint density at radius 1 is 1.12 bits per heavy atom. The quantitative estimate of drug-likeness (QED) is 0.402. The molecular weight excluding hydrogens is 438 g/mol. The average Bonchev–Trinajstić information content (AvgIpc) is 3.18. The number of aliphatic hydroxyl groups is 1. The Labute approximate surface area is 199 Å². The highest BCUT2D eigenvalue weighted by Crippen LogP contribution is 2.26. The Hall–Kier alpha value is -2.80. The zero-order valence-electron chi connectivity index (χ0n) is 19.2. The molecule has 3 aromatic rings. The van der Waals surface area contributed by atoms with Crippen molar-refractivity contribution in [3.8, 4) is 0 Å². The number of fused-ring (bicyclic) bond motifs is 1. The number of rotatable bonds is 8. The minimum atomic E-state index is -0.837. The Morgan fingerprint density at radius 3 is 2.64 bits per heavy atom. The lowest BCUT2D eigenvalue weighted by Crippen LogP contribution is -2.31. The minimum absolute atomic E-state index is 0.251. The number of hydrogen-bond acceptors (Lipinski definition) is 5. The number of nitrogens with zero attached hydrogens (tertiary/aromatic N) is 2. The second-order valence-corrected chi connectivity index (χ2v) is 9.81. The van der Waals surface area contributed by atoms with Crippen LogP contribution in [-0.4, -0.2) is 27.9 Å². The Balaban J connectivity index is 1.36. The molecule has 4 rings (SSSR count). The van der Waals surface area contributed by atoms with E-state index in [1.54, 1.807) is 11.0 Å². The number of ether oxygens (including phenoxy) is 2. The third kappa shape index (κ3) is 6.38. The number of allylic oxidation sites excluding steroid dienone is 1. The van der Waals surface area contributed by atoms with E-state index in [4.69, 9.17) is 21.1 Å². The largest absolute Gasteiger partial charge is 0.489 e. The molecule has 1 aliphatic heterocycles. The average molecular weight is 468 g/mol. The fourth-order valence-electron chi connectivity index (χ4n) is 3.43. The third-order valence-corrected chi connectivity index (χ3v) is 5.62. The number of aromatic amines is 1. The lowest BCUT2D eigenvalue weighted by Gasteiger charge is -2.28. The van der Waals surface area contributed by atoms with E-state index in [1.807, 2.05) is 54.7 Å². The van der Waals surface area contributed by atoms with Crippen LogP contribution in [0.2, 0.25) is 5.02 Å². The summed E-state index contributed by atoms with van der Waals surface area (Å²) in [6.07, 6.45) is 5.50. The van der Waals surface area contributed by atoms with Gasteiger partial charge < -0.3 is 24.5 Å². The van der Waals surface area contributed by atoms with Crippen LogP contribution in [0.15, 0.2) is 66.6 Å². The van der Waals surface area contributed by atoms with E-state index in [-0.39, 0.29) is 5.41 Å². The zero-order valence-corrected chi connectivity index (χ0v) is 20.0. The number of aromatic nitrogens is 2. The van der Waals surface area contributed by atoms with Crippen molar-refractivity contribution in [1.29, 1.82) is 0 Å².